The van der Waals surface area contributed by atoms with E-state index in [1.807, 2.05) is 12.3 Å². The van der Waals surface area contributed by atoms with Crippen LogP contribution in [0.1, 0.15) is 0 Å². The third-order valence-electron chi connectivity index (χ3n) is 1.41. The number of rotatable bonds is 3. The average Bonchev–Trinajstić information content (AvgIpc) is 2.02. The second-order valence-electron chi connectivity index (χ2n) is 2.42. The highest BCUT2D eigenvalue weighted by molar-refractivity contribution is 7.98. The minimum atomic E-state index is -3.96. The first kappa shape index (κ1) is 10.5. The summed E-state index contributed by atoms with van der Waals surface area (Å²) in [7, 11) is -3.96. The largest absolute Gasteiger partial charge is 0.326 e. The van der Waals surface area contributed by atoms with E-state index >= 15 is 0 Å². The Morgan fingerprint density at radius 1 is 1.54 bits per heavy atom. The molecule has 0 aromatic carbocycles. The lowest BCUT2D eigenvalue weighted by Crippen LogP contribution is -2.39. The first-order valence-corrected chi connectivity index (χ1v) is 6.34. The van der Waals surface area contributed by atoms with E-state index in [9.17, 15) is 8.42 Å². The van der Waals surface area contributed by atoms with E-state index in [2.05, 4.69) is 0 Å². The number of hydrogen-bond donors (Lipinski definition) is 1. The molecule has 1 heterocycles. The van der Waals surface area contributed by atoms with Crippen molar-refractivity contribution in [2.45, 2.75) is 10.9 Å². The summed E-state index contributed by atoms with van der Waals surface area (Å²) in [4.78, 5) is 0. The van der Waals surface area contributed by atoms with Crippen molar-refractivity contribution in [3.8, 4) is 0 Å². The van der Waals surface area contributed by atoms with Gasteiger partial charge in [0.2, 0.25) is 5.03 Å². The van der Waals surface area contributed by atoms with Gasteiger partial charge in [-0.3, -0.25) is 4.55 Å². The smallest absolute Gasteiger partial charge is 0.281 e. The van der Waals surface area contributed by atoms with Crippen molar-refractivity contribution >= 4 is 21.9 Å². The van der Waals surface area contributed by atoms with Crippen LogP contribution in [0.15, 0.2) is 29.4 Å². The highest BCUT2D eigenvalue weighted by atomic mass is 32.2. The molecule has 0 unspecified atom stereocenters. The van der Waals surface area contributed by atoms with Gasteiger partial charge >= 0.3 is 10.1 Å². The Bertz CT molecular complexity index is 388. The van der Waals surface area contributed by atoms with Gasteiger partial charge in [0.15, 0.2) is 6.20 Å². The summed E-state index contributed by atoms with van der Waals surface area (Å²) in [6.45, 7) is 0. The standard InChI is InChI=1S/C7H9NO3S2/c1-12-7-4-2-3-5-8(7)6-13(9,10)11/h2-5H,6H2,1H3/p+1. The molecule has 13 heavy (non-hydrogen) atoms. The van der Waals surface area contributed by atoms with Crippen molar-refractivity contribution in [3.05, 3.63) is 24.4 Å². The SMILES string of the molecule is CSc1cccc[n+]1CS(=O)(=O)O. The maximum atomic E-state index is 10.6. The minimum absolute atomic E-state index is 0.399. The summed E-state index contributed by atoms with van der Waals surface area (Å²) in [6.07, 6.45) is 3.45. The third kappa shape index (κ3) is 3.33. The molecule has 1 aromatic rings. The van der Waals surface area contributed by atoms with E-state index in [0.29, 0.717) is 0 Å². The summed E-state index contributed by atoms with van der Waals surface area (Å²) >= 11 is 1.42. The molecule has 4 nitrogen and oxygen atoms in total. The summed E-state index contributed by atoms with van der Waals surface area (Å²) in [5, 5.41) is 0.792. The molecule has 0 aliphatic heterocycles. The maximum Gasteiger partial charge on any atom is 0.326 e. The number of aromatic nitrogens is 1. The first-order chi connectivity index (χ1) is 6.03. The van der Waals surface area contributed by atoms with Gasteiger partial charge in [0.25, 0.3) is 5.88 Å². The van der Waals surface area contributed by atoms with Gasteiger partial charge in [-0.1, -0.05) is 11.8 Å². The molecule has 0 bridgehead atoms. The van der Waals surface area contributed by atoms with E-state index < -0.39 is 16.0 Å². The molecule has 0 saturated carbocycles. The lowest BCUT2D eigenvalue weighted by atomic mass is 10.5. The predicted molar refractivity (Wildman–Crippen MR) is 50.0 cm³/mol. The van der Waals surface area contributed by atoms with Gasteiger partial charge < -0.3 is 0 Å². The van der Waals surface area contributed by atoms with Crippen LogP contribution in [0, 0.1) is 0 Å². The van der Waals surface area contributed by atoms with Crippen molar-refractivity contribution < 1.29 is 17.5 Å². The number of hydrogen-bond acceptors (Lipinski definition) is 3. The normalized spacial score (nSPS) is 11.5. The van der Waals surface area contributed by atoms with E-state index in [-0.39, 0.29) is 0 Å². The maximum absolute atomic E-state index is 10.6. The van der Waals surface area contributed by atoms with E-state index in [4.69, 9.17) is 4.55 Å². The van der Waals surface area contributed by atoms with E-state index in [0.717, 1.165) is 5.03 Å². The third-order valence-corrected chi connectivity index (χ3v) is 2.80. The summed E-state index contributed by atoms with van der Waals surface area (Å²) in [6, 6.07) is 5.31. The molecule has 1 rings (SSSR count). The lowest BCUT2D eigenvalue weighted by Gasteiger charge is -1.97. The molecule has 0 radical (unpaired) electrons. The topological polar surface area (TPSA) is 58.2 Å². The van der Waals surface area contributed by atoms with Gasteiger partial charge in [-0.2, -0.15) is 13.0 Å². The molecule has 0 aliphatic carbocycles. The Morgan fingerprint density at radius 3 is 2.77 bits per heavy atom. The van der Waals surface area contributed by atoms with Crippen LogP contribution in [-0.2, 0) is 16.0 Å². The van der Waals surface area contributed by atoms with Crippen molar-refractivity contribution in [2.75, 3.05) is 6.26 Å². The highest BCUT2D eigenvalue weighted by Gasteiger charge is 2.16. The fourth-order valence-corrected chi connectivity index (χ4v) is 2.16. The zero-order valence-corrected chi connectivity index (χ0v) is 8.68. The Hall–Kier alpha value is -0.590. The zero-order valence-electron chi connectivity index (χ0n) is 7.04. The molecular formula is C7H10NO3S2+. The molecule has 72 valence electrons. The van der Waals surface area contributed by atoms with Crippen LogP contribution in [0.2, 0.25) is 0 Å². The van der Waals surface area contributed by atoms with Gasteiger partial charge in [-0.15, -0.1) is 0 Å². The van der Waals surface area contributed by atoms with Crippen molar-refractivity contribution in [2.24, 2.45) is 0 Å². The predicted octanol–water partition coefficient (Wildman–Crippen LogP) is 0.541. The molecule has 0 amide bonds. The molecule has 0 fully saturated rings. The van der Waals surface area contributed by atoms with Crippen LogP contribution < -0.4 is 4.57 Å². The van der Waals surface area contributed by atoms with Crippen LogP contribution >= 0.6 is 11.8 Å². The van der Waals surface area contributed by atoms with E-state index in [1.54, 1.807) is 18.3 Å². The van der Waals surface area contributed by atoms with Gasteiger partial charge in [0, 0.05) is 12.1 Å². The second-order valence-corrected chi connectivity index (χ2v) is 4.67. The lowest BCUT2D eigenvalue weighted by molar-refractivity contribution is -0.714. The number of pyridine rings is 1. The van der Waals surface area contributed by atoms with E-state index in [1.165, 1.54) is 16.3 Å². The van der Waals surface area contributed by atoms with Crippen molar-refractivity contribution in [3.63, 3.8) is 0 Å². The fourth-order valence-electron chi connectivity index (χ4n) is 0.928. The van der Waals surface area contributed by atoms with Crippen LogP contribution in [0.25, 0.3) is 0 Å². The fraction of sp³-hybridized carbons (Fsp3) is 0.286. The minimum Gasteiger partial charge on any atom is -0.281 e. The highest BCUT2D eigenvalue weighted by Crippen LogP contribution is 2.07. The van der Waals surface area contributed by atoms with Gasteiger partial charge in [0.05, 0.1) is 0 Å². The van der Waals surface area contributed by atoms with Crippen LogP contribution in [-0.4, -0.2) is 19.2 Å². The molecule has 1 aromatic heterocycles. The Labute approximate surface area is 81.3 Å². The van der Waals surface area contributed by atoms with Crippen LogP contribution in [0.4, 0.5) is 0 Å². The zero-order chi connectivity index (χ0) is 9.90. The van der Waals surface area contributed by atoms with Crippen molar-refractivity contribution in [1.82, 2.24) is 0 Å². The van der Waals surface area contributed by atoms with Gasteiger partial charge in [-0.25, -0.2) is 0 Å². The first-order valence-electron chi connectivity index (χ1n) is 3.50. The van der Waals surface area contributed by atoms with Crippen LogP contribution in [0.3, 0.4) is 0 Å². The summed E-state index contributed by atoms with van der Waals surface area (Å²) in [5.41, 5.74) is 0. The molecule has 0 saturated heterocycles. The molecule has 0 atom stereocenters. The van der Waals surface area contributed by atoms with Crippen molar-refractivity contribution in [1.29, 1.82) is 0 Å². The summed E-state index contributed by atoms with van der Waals surface area (Å²) in [5.74, 6) is -0.399. The second kappa shape index (κ2) is 4.08. The number of nitrogens with zero attached hydrogens (tertiary/aromatic N) is 1. The Kier molecular flexibility index (Phi) is 3.29. The molecule has 0 aliphatic rings. The summed E-state index contributed by atoms with van der Waals surface area (Å²) < 4.78 is 31.3. The van der Waals surface area contributed by atoms with Crippen LogP contribution in [0.5, 0.6) is 0 Å². The monoisotopic (exact) mass is 220 g/mol. The molecule has 1 N–H and O–H groups in total. The van der Waals surface area contributed by atoms with Gasteiger partial charge in [0.1, 0.15) is 0 Å². The quantitative estimate of drug-likeness (QED) is 0.459. The Morgan fingerprint density at radius 2 is 2.23 bits per heavy atom. The Balaban J connectivity index is 3.01. The average molecular weight is 220 g/mol. The number of thioether (sulfide) groups is 1. The molecule has 6 heteroatoms. The molecular weight excluding hydrogens is 210 g/mol. The van der Waals surface area contributed by atoms with Gasteiger partial charge in [-0.05, 0) is 12.3 Å². The molecule has 0 spiro atoms.